The number of fused-ring (bicyclic) bond motifs is 2. The highest BCUT2D eigenvalue weighted by Gasteiger charge is 2.03. The molecule has 3 aromatic carbocycles. The summed E-state index contributed by atoms with van der Waals surface area (Å²) in [6, 6.07) is 16.6. The van der Waals surface area contributed by atoms with Gasteiger partial charge in [0.15, 0.2) is 0 Å². The summed E-state index contributed by atoms with van der Waals surface area (Å²) in [4.78, 5) is 0. The summed E-state index contributed by atoms with van der Waals surface area (Å²) in [6.07, 6.45) is 0. The predicted octanol–water partition coefficient (Wildman–Crippen LogP) is 4.04. The van der Waals surface area contributed by atoms with Gasteiger partial charge in [-0.1, -0.05) is 12.1 Å². The van der Waals surface area contributed by atoms with Crippen molar-refractivity contribution in [1.29, 1.82) is 0 Å². The molecule has 0 aliphatic carbocycles. The molecule has 3 aromatic rings. The van der Waals surface area contributed by atoms with Crippen molar-refractivity contribution in [1.82, 2.24) is 0 Å². The topological polar surface area (TPSA) is 36.9 Å². The van der Waals surface area contributed by atoms with Crippen LogP contribution in [0.1, 0.15) is 0 Å². The molecule has 24 heavy (non-hydrogen) atoms. The molecule has 3 rings (SSSR count). The van der Waals surface area contributed by atoms with Crippen molar-refractivity contribution >= 4 is 21.5 Å². The van der Waals surface area contributed by atoms with Crippen molar-refractivity contribution in [3.05, 3.63) is 48.5 Å². The van der Waals surface area contributed by atoms with Gasteiger partial charge in [-0.15, -0.1) is 0 Å². The number of hydrogen-bond donors (Lipinski definition) is 0. The zero-order chi connectivity index (χ0) is 16.8. The van der Waals surface area contributed by atoms with Crippen LogP contribution in [0.5, 0.6) is 11.5 Å². The van der Waals surface area contributed by atoms with Gasteiger partial charge in [0, 0.05) is 14.2 Å². The lowest BCUT2D eigenvalue weighted by Crippen LogP contribution is -2.04. The van der Waals surface area contributed by atoms with E-state index in [2.05, 4.69) is 36.4 Å². The van der Waals surface area contributed by atoms with E-state index < -0.39 is 0 Å². The molecule has 0 radical (unpaired) electrons. The highest BCUT2D eigenvalue weighted by molar-refractivity contribution is 5.99. The van der Waals surface area contributed by atoms with E-state index in [0.717, 1.165) is 22.3 Å². The van der Waals surface area contributed by atoms with E-state index in [9.17, 15) is 0 Å². The van der Waals surface area contributed by atoms with Gasteiger partial charge in [0.05, 0.1) is 13.2 Å². The van der Waals surface area contributed by atoms with E-state index in [1.807, 2.05) is 12.1 Å². The van der Waals surface area contributed by atoms with Crippen LogP contribution in [0.4, 0.5) is 0 Å². The van der Waals surface area contributed by atoms with E-state index in [1.165, 1.54) is 10.8 Å². The monoisotopic (exact) mass is 326 g/mol. The zero-order valence-electron chi connectivity index (χ0n) is 14.1. The van der Waals surface area contributed by atoms with Gasteiger partial charge in [-0.05, 0) is 57.9 Å². The molecule has 0 aliphatic rings. The summed E-state index contributed by atoms with van der Waals surface area (Å²) in [5, 5.41) is 4.67. The third-order valence-corrected chi connectivity index (χ3v) is 3.85. The predicted molar refractivity (Wildman–Crippen MR) is 96.2 cm³/mol. The van der Waals surface area contributed by atoms with Crippen LogP contribution in [0.25, 0.3) is 21.5 Å². The first-order valence-electron chi connectivity index (χ1n) is 8.01. The molecule has 0 atom stereocenters. The number of hydrogen-bond acceptors (Lipinski definition) is 4. The summed E-state index contributed by atoms with van der Waals surface area (Å²) in [5.74, 6) is 1.72. The fourth-order valence-corrected chi connectivity index (χ4v) is 2.62. The van der Waals surface area contributed by atoms with E-state index in [0.29, 0.717) is 26.4 Å². The van der Waals surface area contributed by atoms with Crippen LogP contribution in [0.2, 0.25) is 0 Å². The molecule has 0 saturated heterocycles. The Labute approximate surface area is 141 Å². The maximum Gasteiger partial charge on any atom is 0.120 e. The molecule has 126 valence electrons. The SMILES string of the molecule is COCCOc1ccc2cc3cc(OCCOC)ccc3cc2c1. The molecule has 4 nitrogen and oxygen atoms in total. The molecule has 0 spiro atoms. The van der Waals surface area contributed by atoms with Gasteiger partial charge in [0.2, 0.25) is 0 Å². The van der Waals surface area contributed by atoms with Gasteiger partial charge in [-0.25, -0.2) is 0 Å². The van der Waals surface area contributed by atoms with Gasteiger partial charge in [-0.2, -0.15) is 0 Å². The van der Waals surface area contributed by atoms with Crippen molar-refractivity contribution in [3.63, 3.8) is 0 Å². The first-order valence-corrected chi connectivity index (χ1v) is 8.01. The van der Waals surface area contributed by atoms with Crippen LogP contribution in [0, 0.1) is 0 Å². The smallest absolute Gasteiger partial charge is 0.120 e. The summed E-state index contributed by atoms with van der Waals surface area (Å²) in [6.45, 7) is 2.28. The van der Waals surface area contributed by atoms with Crippen molar-refractivity contribution in [2.45, 2.75) is 0 Å². The summed E-state index contributed by atoms with van der Waals surface area (Å²) >= 11 is 0. The molecule has 0 unspecified atom stereocenters. The second-order valence-corrected chi connectivity index (χ2v) is 5.55. The van der Waals surface area contributed by atoms with E-state index >= 15 is 0 Å². The average Bonchev–Trinajstić information content (AvgIpc) is 2.60. The summed E-state index contributed by atoms with van der Waals surface area (Å²) in [5.41, 5.74) is 0. The molecule has 4 heteroatoms. The largest absolute Gasteiger partial charge is 0.491 e. The minimum absolute atomic E-state index is 0.553. The molecule has 0 heterocycles. The minimum atomic E-state index is 0.553. The van der Waals surface area contributed by atoms with Gasteiger partial charge in [-0.3, -0.25) is 0 Å². The Balaban J connectivity index is 1.85. The third kappa shape index (κ3) is 3.96. The quantitative estimate of drug-likeness (QED) is 0.462. The lowest BCUT2D eigenvalue weighted by atomic mass is 10.0. The number of rotatable bonds is 8. The van der Waals surface area contributed by atoms with Crippen molar-refractivity contribution < 1.29 is 18.9 Å². The molecule has 0 fully saturated rings. The Morgan fingerprint density at radius 2 is 1.00 bits per heavy atom. The second kappa shape index (κ2) is 7.99. The van der Waals surface area contributed by atoms with Gasteiger partial charge >= 0.3 is 0 Å². The van der Waals surface area contributed by atoms with Crippen LogP contribution < -0.4 is 9.47 Å². The van der Waals surface area contributed by atoms with E-state index in [-0.39, 0.29) is 0 Å². The van der Waals surface area contributed by atoms with Gasteiger partial charge < -0.3 is 18.9 Å². The fraction of sp³-hybridized carbons (Fsp3) is 0.300. The Kier molecular flexibility index (Phi) is 5.51. The maximum absolute atomic E-state index is 5.68. The molecular formula is C20H22O4. The lowest BCUT2D eigenvalue weighted by Gasteiger charge is -2.09. The second-order valence-electron chi connectivity index (χ2n) is 5.55. The number of ether oxygens (including phenoxy) is 4. The highest BCUT2D eigenvalue weighted by Crippen LogP contribution is 2.28. The first-order chi connectivity index (χ1) is 11.8. The Morgan fingerprint density at radius 3 is 1.42 bits per heavy atom. The Morgan fingerprint density at radius 1 is 0.542 bits per heavy atom. The summed E-state index contributed by atoms with van der Waals surface area (Å²) < 4.78 is 21.4. The molecule has 0 saturated carbocycles. The molecule has 0 N–H and O–H groups in total. The van der Waals surface area contributed by atoms with Gasteiger partial charge in [0.25, 0.3) is 0 Å². The minimum Gasteiger partial charge on any atom is -0.491 e. The van der Waals surface area contributed by atoms with Gasteiger partial charge in [0.1, 0.15) is 24.7 Å². The fourth-order valence-electron chi connectivity index (χ4n) is 2.62. The maximum atomic E-state index is 5.68. The molecule has 0 aliphatic heterocycles. The Bertz CT molecular complexity index is 744. The molecule has 0 aromatic heterocycles. The van der Waals surface area contributed by atoms with Crippen molar-refractivity contribution in [3.8, 4) is 11.5 Å². The van der Waals surface area contributed by atoms with Crippen LogP contribution in [0.3, 0.4) is 0 Å². The van der Waals surface area contributed by atoms with Crippen molar-refractivity contribution in [2.24, 2.45) is 0 Å². The van der Waals surface area contributed by atoms with Crippen LogP contribution >= 0.6 is 0 Å². The summed E-state index contributed by atoms with van der Waals surface area (Å²) in [7, 11) is 3.34. The normalized spacial score (nSPS) is 11.1. The third-order valence-electron chi connectivity index (χ3n) is 3.85. The molecule has 0 bridgehead atoms. The van der Waals surface area contributed by atoms with Crippen molar-refractivity contribution in [2.75, 3.05) is 40.6 Å². The first kappa shape index (κ1) is 16.6. The zero-order valence-corrected chi connectivity index (χ0v) is 14.1. The van der Waals surface area contributed by atoms with Crippen LogP contribution in [0.15, 0.2) is 48.5 Å². The highest BCUT2D eigenvalue weighted by atomic mass is 16.5. The molecule has 0 amide bonds. The van der Waals surface area contributed by atoms with Crippen LogP contribution in [-0.2, 0) is 9.47 Å². The Hall–Kier alpha value is -2.30. The number of benzene rings is 3. The molecular weight excluding hydrogens is 304 g/mol. The lowest BCUT2D eigenvalue weighted by molar-refractivity contribution is 0.146. The van der Waals surface area contributed by atoms with Crippen LogP contribution in [-0.4, -0.2) is 40.6 Å². The number of methoxy groups -OCH3 is 2. The van der Waals surface area contributed by atoms with E-state index in [1.54, 1.807) is 14.2 Å². The van der Waals surface area contributed by atoms with E-state index in [4.69, 9.17) is 18.9 Å². The average molecular weight is 326 g/mol. The standard InChI is InChI=1S/C20H22O4/c1-21-7-9-23-19-5-3-15-12-18-14-20(24-10-8-22-2)6-4-16(18)11-17(15)13-19/h3-6,11-14H,7-10H2,1-2H3.